The van der Waals surface area contributed by atoms with Crippen LogP contribution in [0.3, 0.4) is 0 Å². The minimum absolute atomic E-state index is 0.00738. The molecule has 0 aliphatic heterocycles. The second-order valence-corrected chi connectivity index (χ2v) is 8.96. The number of sulfonamides is 1. The zero-order valence-electron chi connectivity index (χ0n) is 13.2. The van der Waals surface area contributed by atoms with Crippen LogP contribution in [0, 0.1) is 19.8 Å². The number of benzene rings is 1. The molecule has 1 unspecified atom stereocenters. The predicted molar refractivity (Wildman–Crippen MR) is 92.0 cm³/mol. The van der Waals surface area contributed by atoms with E-state index in [1.807, 2.05) is 31.4 Å². The van der Waals surface area contributed by atoms with Crippen molar-refractivity contribution < 1.29 is 13.5 Å². The lowest BCUT2D eigenvalue weighted by atomic mass is 9.96. The first-order valence-electron chi connectivity index (χ1n) is 7.66. The van der Waals surface area contributed by atoms with Crippen LogP contribution >= 0.6 is 11.3 Å². The first-order chi connectivity index (χ1) is 10.8. The van der Waals surface area contributed by atoms with E-state index in [0.29, 0.717) is 0 Å². The van der Waals surface area contributed by atoms with Crippen LogP contribution < -0.4 is 4.72 Å². The summed E-state index contributed by atoms with van der Waals surface area (Å²) < 4.78 is 27.7. The lowest BCUT2D eigenvalue weighted by molar-refractivity contribution is 0.0222. The largest absolute Gasteiger partial charge is 0.383 e. The molecule has 1 heterocycles. The SMILES string of the molecule is Cc1ccc(S(=O)(=O)NCC(O)(c2cccs2)C2CC2)cc1C. The fraction of sp³-hybridized carbons (Fsp3) is 0.412. The van der Waals surface area contributed by atoms with Gasteiger partial charge in [-0.1, -0.05) is 12.1 Å². The van der Waals surface area contributed by atoms with Crippen LogP contribution in [0.1, 0.15) is 28.8 Å². The third kappa shape index (κ3) is 3.35. The second kappa shape index (κ2) is 6.02. The zero-order chi connectivity index (χ0) is 16.7. The molecular formula is C17H21NO3S2. The topological polar surface area (TPSA) is 66.4 Å². The van der Waals surface area contributed by atoms with Crippen LogP contribution in [0.4, 0.5) is 0 Å². The number of aliphatic hydroxyl groups is 1. The Bertz CT molecular complexity index is 795. The summed E-state index contributed by atoms with van der Waals surface area (Å²) in [7, 11) is -3.63. The molecule has 1 saturated carbocycles. The summed E-state index contributed by atoms with van der Waals surface area (Å²) in [5, 5.41) is 12.9. The first kappa shape index (κ1) is 16.6. The Balaban J connectivity index is 1.81. The van der Waals surface area contributed by atoms with Gasteiger partial charge in [-0.05, 0) is 67.3 Å². The molecule has 1 aromatic heterocycles. The molecule has 0 saturated heterocycles. The average molecular weight is 351 g/mol. The number of aryl methyl sites for hydroxylation is 2. The van der Waals surface area contributed by atoms with Crippen molar-refractivity contribution in [2.24, 2.45) is 5.92 Å². The molecule has 1 aliphatic rings. The van der Waals surface area contributed by atoms with Gasteiger partial charge in [-0.2, -0.15) is 0 Å². The molecule has 2 N–H and O–H groups in total. The van der Waals surface area contributed by atoms with Gasteiger partial charge in [0.2, 0.25) is 10.0 Å². The highest BCUT2D eigenvalue weighted by Crippen LogP contribution is 2.46. The normalized spacial score (nSPS) is 17.9. The molecule has 1 atom stereocenters. The van der Waals surface area contributed by atoms with Gasteiger partial charge in [0.25, 0.3) is 0 Å². The highest BCUT2D eigenvalue weighted by atomic mass is 32.2. The van der Waals surface area contributed by atoms with Crippen LogP contribution in [-0.2, 0) is 15.6 Å². The van der Waals surface area contributed by atoms with E-state index in [9.17, 15) is 13.5 Å². The summed E-state index contributed by atoms with van der Waals surface area (Å²) in [6.45, 7) is 3.84. The molecule has 23 heavy (non-hydrogen) atoms. The van der Waals surface area contributed by atoms with E-state index in [1.165, 1.54) is 11.3 Å². The van der Waals surface area contributed by atoms with E-state index >= 15 is 0 Å². The lowest BCUT2D eigenvalue weighted by Gasteiger charge is -2.27. The molecule has 1 fully saturated rings. The fourth-order valence-corrected chi connectivity index (χ4v) is 4.75. The fourth-order valence-electron chi connectivity index (χ4n) is 2.69. The summed E-state index contributed by atoms with van der Waals surface area (Å²) in [5.74, 6) is 0.128. The van der Waals surface area contributed by atoms with Gasteiger partial charge in [-0.15, -0.1) is 11.3 Å². The zero-order valence-corrected chi connectivity index (χ0v) is 14.9. The molecule has 1 aliphatic carbocycles. The monoisotopic (exact) mass is 351 g/mol. The molecule has 0 bridgehead atoms. The van der Waals surface area contributed by atoms with Gasteiger partial charge in [-0.25, -0.2) is 13.1 Å². The summed E-state index contributed by atoms with van der Waals surface area (Å²) in [4.78, 5) is 1.06. The summed E-state index contributed by atoms with van der Waals surface area (Å²) in [6.07, 6.45) is 1.86. The highest BCUT2D eigenvalue weighted by molar-refractivity contribution is 7.89. The van der Waals surface area contributed by atoms with Gasteiger partial charge in [0.1, 0.15) is 5.60 Å². The minimum Gasteiger partial charge on any atom is -0.383 e. The van der Waals surface area contributed by atoms with Crippen LogP contribution in [0.2, 0.25) is 0 Å². The highest BCUT2D eigenvalue weighted by Gasteiger charge is 2.46. The molecule has 0 radical (unpaired) electrons. The van der Waals surface area contributed by atoms with Gasteiger partial charge < -0.3 is 5.11 Å². The van der Waals surface area contributed by atoms with Crippen molar-refractivity contribution in [2.75, 3.05) is 6.54 Å². The molecule has 1 aromatic carbocycles. The predicted octanol–water partition coefficient (Wildman–Crippen LogP) is 2.94. The van der Waals surface area contributed by atoms with E-state index in [2.05, 4.69) is 4.72 Å². The smallest absolute Gasteiger partial charge is 0.240 e. The van der Waals surface area contributed by atoms with Crippen molar-refractivity contribution in [3.05, 3.63) is 51.7 Å². The molecule has 6 heteroatoms. The van der Waals surface area contributed by atoms with Gasteiger partial charge >= 0.3 is 0 Å². The Morgan fingerprint density at radius 2 is 2.00 bits per heavy atom. The van der Waals surface area contributed by atoms with Crippen molar-refractivity contribution in [1.29, 1.82) is 0 Å². The van der Waals surface area contributed by atoms with Crippen LogP contribution in [-0.4, -0.2) is 20.1 Å². The van der Waals surface area contributed by atoms with Crippen LogP contribution in [0.5, 0.6) is 0 Å². The number of nitrogens with one attached hydrogen (secondary N) is 1. The van der Waals surface area contributed by atoms with Crippen molar-refractivity contribution in [1.82, 2.24) is 4.72 Å². The van der Waals surface area contributed by atoms with Gasteiger partial charge in [0, 0.05) is 11.4 Å². The Hall–Kier alpha value is -1.21. The number of rotatable bonds is 6. The summed E-state index contributed by atoms with van der Waals surface area (Å²) in [5.41, 5.74) is 0.877. The molecule has 0 amide bonds. The minimum atomic E-state index is -3.63. The Labute approximate surface area is 141 Å². The molecule has 124 valence electrons. The molecule has 0 spiro atoms. The summed E-state index contributed by atoms with van der Waals surface area (Å²) >= 11 is 1.46. The van der Waals surface area contributed by atoms with Gasteiger partial charge in [-0.3, -0.25) is 0 Å². The third-order valence-electron chi connectivity index (χ3n) is 4.52. The first-order valence-corrected chi connectivity index (χ1v) is 10.0. The Kier molecular flexibility index (Phi) is 4.35. The van der Waals surface area contributed by atoms with E-state index in [0.717, 1.165) is 28.8 Å². The Morgan fingerprint density at radius 1 is 1.26 bits per heavy atom. The lowest BCUT2D eigenvalue weighted by Crippen LogP contribution is -2.41. The van der Waals surface area contributed by atoms with E-state index in [-0.39, 0.29) is 17.4 Å². The maximum absolute atomic E-state index is 12.5. The van der Waals surface area contributed by atoms with Crippen molar-refractivity contribution in [2.45, 2.75) is 37.2 Å². The van der Waals surface area contributed by atoms with Crippen molar-refractivity contribution >= 4 is 21.4 Å². The number of thiophene rings is 1. The van der Waals surface area contributed by atoms with Crippen molar-refractivity contribution in [3.8, 4) is 0 Å². The molecular weight excluding hydrogens is 330 g/mol. The summed E-state index contributed by atoms with van der Waals surface area (Å²) in [6, 6.07) is 8.82. The average Bonchev–Trinajstić information content (AvgIpc) is 3.23. The standard InChI is InChI=1S/C17H21NO3S2/c1-12-5-8-15(10-13(12)2)23(20,21)18-11-17(19,14-6-7-14)16-4-3-9-22-16/h3-5,8-10,14,18-19H,6-7,11H2,1-2H3. The second-order valence-electron chi connectivity index (χ2n) is 6.25. The van der Waals surface area contributed by atoms with Crippen LogP contribution in [0.15, 0.2) is 40.6 Å². The Morgan fingerprint density at radius 3 is 2.57 bits per heavy atom. The number of hydrogen-bond acceptors (Lipinski definition) is 4. The quantitative estimate of drug-likeness (QED) is 0.841. The maximum Gasteiger partial charge on any atom is 0.240 e. The molecule has 4 nitrogen and oxygen atoms in total. The van der Waals surface area contributed by atoms with Gasteiger partial charge in [0.15, 0.2) is 0 Å². The van der Waals surface area contributed by atoms with E-state index in [1.54, 1.807) is 18.2 Å². The van der Waals surface area contributed by atoms with E-state index < -0.39 is 15.6 Å². The number of hydrogen-bond donors (Lipinski definition) is 2. The van der Waals surface area contributed by atoms with Crippen LogP contribution in [0.25, 0.3) is 0 Å². The molecule has 3 rings (SSSR count). The van der Waals surface area contributed by atoms with Gasteiger partial charge in [0.05, 0.1) is 4.90 Å². The van der Waals surface area contributed by atoms with Crippen molar-refractivity contribution in [3.63, 3.8) is 0 Å². The molecule has 2 aromatic rings. The third-order valence-corrected chi connectivity index (χ3v) is 6.96. The maximum atomic E-state index is 12.5. The van der Waals surface area contributed by atoms with E-state index in [4.69, 9.17) is 0 Å².